The monoisotopic (exact) mass is 199 g/mol. The molecule has 74 valence electrons. The quantitative estimate of drug-likeness (QED) is 0.548. The minimum atomic E-state index is 1.17. The van der Waals surface area contributed by atoms with Gasteiger partial charge in [0.25, 0.3) is 5.82 Å². The Morgan fingerprint density at radius 1 is 1.46 bits per heavy atom. The number of nitrogens with one attached hydrogen (secondary N) is 1. The Hall–Kier alpha value is -0.440. The van der Waals surface area contributed by atoms with Crippen molar-refractivity contribution >= 4 is 11.8 Å². The van der Waals surface area contributed by atoms with Gasteiger partial charge in [-0.2, -0.15) is 11.8 Å². The predicted molar refractivity (Wildman–Crippen MR) is 57.9 cm³/mol. The van der Waals surface area contributed by atoms with Crippen LogP contribution in [0, 0.1) is 0 Å². The highest BCUT2D eigenvalue weighted by atomic mass is 32.2. The number of aromatic amines is 1. The van der Waals surface area contributed by atoms with Gasteiger partial charge in [-0.15, -0.1) is 0 Å². The van der Waals surface area contributed by atoms with Crippen molar-refractivity contribution in [2.75, 3.05) is 11.5 Å². The second-order valence-corrected chi connectivity index (χ2v) is 4.57. The Kier molecular flexibility index (Phi) is 4.98. The van der Waals surface area contributed by atoms with Crippen molar-refractivity contribution in [2.45, 2.75) is 26.2 Å². The van der Waals surface area contributed by atoms with Crippen LogP contribution < -0.4 is 4.57 Å². The lowest BCUT2D eigenvalue weighted by atomic mass is 10.2. The average Bonchev–Trinajstić information content (AvgIpc) is 2.52. The first kappa shape index (κ1) is 10.6. The molecule has 0 radical (unpaired) electrons. The zero-order chi connectivity index (χ0) is 9.52. The van der Waals surface area contributed by atoms with Crippen LogP contribution in [-0.2, 0) is 13.5 Å². The molecular formula is C10H19N2S+. The third-order valence-corrected chi connectivity index (χ3v) is 3.12. The van der Waals surface area contributed by atoms with Gasteiger partial charge in [-0.1, -0.05) is 6.92 Å². The number of aromatic nitrogens is 2. The zero-order valence-electron chi connectivity index (χ0n) is 8.55. The molecule has 0 aliphatic rings. The van der Waals surface area contributed by atoms with Crippen LogP contribution in [0.25, 0.3) is 0 Å². The third kappa shape index (κ3) is 3.85. The van der Waals surface area contributed by atoms with Crippen molar-refractivity contribution in [3.63, 3.8) is 0 Å². The van der Waals surface area contributed by atoms with Gasteiger partial charge in [0.05, 0.1) is 7.05 Å². The van der Waals surface area contributed by atoms with Crippen molar-refractivity contribution in [1.82, 2.24) is 4.98 Å². The minimum Gasteiger partial charge on any atom is -0.248 e. The molecule has 0 unspecified atom stereocenters. The third-order valence-electron chi connectivity index (χ3n) is 2.13. The van der Waals surface area contributed by atoms with Crippen LogP contribution in [0.3, 0.4) is 0 Å². The van der Waals surface area contributed by atoms with Gasteiger partial charge in [0.2, 0.25) is 0 Å². The summed E-state index contributed by atoms with van der Waals surface area (Å²) in [5.41, 5.74) is 0. The van der Waals surface area contributed by atoms with E-state index in [0.29, 0.717) is 0 Å². The fourth-order valence-corrected chi connectivity index (χ4v) is 2.02. The van der Waals surface area contributed by atoms with E-state index in [4.69, 9.17) is 0 Å². The van der Waals surface area contributed by atoms with Crippen LogP contribution in [0.2, 0.25) is 0 Å². The molecule has 1 N–H and O–H groups in total. The Labute approximate surface area is 84.7 Å². The van der Waals surface area contributed by atoms with Gasteiger partial charge in [-0.3, -0.25) is 0 Å². The molecule has 0 aliphatic heterocycles. The van der Waals surface area contributed by atoms with Gasteiger partial charge < -0.3 is 0 Å². The molecule has 0 saturated carbocycles. The molecule has 0 aromatic carbocycles. The highest BCUT2D eigenvalue weighted by Crippen LogP contribution is 2.05. The molecule has 1 aromatic rings. The Morgan fingerprint density at radius 3 is 2.92 bits per heavy atom. The minimum absolute atomic E-state index is 1.17. The predicted octanol–water partition coefficient (Wildman–Crippen LogP) is 1.91. The normalized spacial score (nSPS) is 10.6. The first-order chi connectivity index (χ1) is 6.34. The fraction of sp³-hybridized carbons (Fsp3) is 0.700. The molecule has 1 aromatic heterocycles. The smallest absolute Gasteiger partial charge is 0.248 e. The summed E-state index contributed by atoms with van der Waals surface area (Å²) in [7, 11) is 2.09. The Morgan fingerprint density at radius 2 is 2.31 bits per heavy atom. The van der Waals surface area contributed by atoms with Crippen LogP contribution in [-0.4, -0.2) is 16.5 Å². The lowest BCUT2D eigenvalue weighted by molar-refractivity contribution is -0.677. The second kappa shape index (κ2) is 6.08. The molecule has 13 heavy (non-hydrogen) atoms. The molecule has 0 bridgehead atoms. The van der Waals surface area contributed by atoms with Crippen LogP contribution in [0.5, 0.6) is 0 Å². The summed E-state index contributed by atoms with van der Waals surface area (Å²) in [5.74, 6) is 3.89. The number of hydrogen-bond acceptors (Lipinski definition) is 1. The summed E-state index contributed by atoms with van der Waals surface area (Å²) in [6.45, 7) is 2.22. The number of H-pyrrole nitrogens is 1. The highest BCUT2D eigenvalue weighted by molar-refractivity contribution is 7.99. The van der Waals surface area contributed by atoms with Crippen LogP contribution in [0.4, 0.5) is 0 Å². The summed E-state index contributed by atoms with van der Waals surface area (Å²) in [6, 6.07) is 0. The molecule has 0 saturated heterocycles. The summed E-state index contributed by atoms with van der Waals surface area (Å²) in [6.07, 6.45) is 7.86. The molecule has 0 amide bonds. The topological polar surface area (TPSA) is 19.7 Å². The summed E-state index contributed by atoms with van der Waals surface area (Å²) in [5, 5.41) is 0. The maximum absolute atomic E-state index is 3.25. The first-order valence-corrected chi connectivity index (χ1v) is 6.09. The van der Waals surface area contributed by atoms with Crippen molar-refractivity contribution in [2.24, 2.45) is 7.05 Å². The molecule has 0 aliphatic carbocycles. The van der Waals surface area contributed by atoms with E-state index in [0.717, 1.165) is 0 Å². The van der Waals surface area contributed by atoms with Gasteiger partial charge in [0.15, 0.2) is 0 Å². The fourth-order valence-electron chi connectivity index (χ4n) is 1.33. The second-order valence-electron chi connectivity index (χ2n) is 3.17. The molecule has 0 atom stereocenters. The molecule has 1 rings (SSSR count). The number of aryl methyl sites for hydroxylation is 2. The van der Waals surface area contributed by atoms with Gasteiger partial charge in [0.1, 0.15) is 12.4 Å². The molecule has 2 nitrogen and oxygen atoms in total. The summed E-state index contributed by atoms with van der Waals surface area (Å²) < 4.78 is 2.16. The molecule has 3 heteroatoms. The van der Waals surface area contributed by atoms with E-state index in [-0.39, 0.29) is 0 Å². The maximum atomic E-state index is 3.25. The van der Waals surface area contributed by atoms with Crippen LogP contribution in [0.15, 0.2) is 12.4 Å². The maximum Gasteiger partial charge on any atom is 0.253 e. The van der Waals surface area contributed by atoms with Crippen molar-refractivity contribution in [3.8, 4) is 0 Å². The molecular weight excluding hydrogens is 180 g/mol. The molecule has 1 heterocycles. The molecule has 0 fully saturated rings. The number of hydrogen-bond donors (Lipinski definition) is 1. The van der Waals surface area contributed by atoms with E-state index in [2.05, 4.69) is 29.7 Å². The van der Waals surface area contributed by atoms with E-state index in [1.54, 1.807) is 0 Å². The summed E-state index contributed by atoms with van der Waals surface area (Å²) in [4.78, 5) is 3.25. The number of imidazole rings is 1. The van der Waals surface area contributed by atoms with Crippen molar-refractivity contribution in [1.29, 1.82) is 0 Å². The van der Waals surface area contributed by atoms with E-state index in [9.17, 15) is 0 Å². The van der Waals surface area contributed by atoms with E-state index >= 15 is 0 Å². The van der Waals surface area contributed by atoms with E-state index in [1.165, 1.54) is 36.6 Å². The van der Waals surface area contributed by atoms with Gasteiger partial charge >= 0.3 is 0 Å². The van der Waals surface area contributed by atoms with Crippen LogP contribution >= 0.6 is 11.8 Å². The largest absolute Gasteiger partial charge is 0.253 e. The Bertz CT molecular complexity index is 233. The standard InChI is InChI=1S/C10H18N2S/c1-3-13-9-5-4-6-10-11-7-8-12(10)2/h7-8H,3-6,9H2,1-2H3/p+1. The number of nitrogens with zero attached hydrogens (tertiary/aromatic N) is 1. The van der Waals surface area contributed by atoms with E-state index in [1.807, 2.05) is 18.0 Å². The van der Waals surface area contributed by atoms with Crippen LogP contribution in [0.1, 0.15) is 25.6 Å². The Balaban J connectivity index is 2.10. The molecule has 0 spiro atoms. The SMILES string of the molecule is CCSCCCCc1[nH]cc[n+]1C. The van der Waals surface area contributed by atoms with E-state index < -0.39 is 0 Å². The summed E-state index contributed by atoms with van der Waals surface area (Å²) >= 11 is 2.03. The van der Waals surface area contributed by atoms with Gasteiger partial charge in [-0.25, -0.2) is 9.55 Å². The lowest BCUT2D eigenvalue weighted by Gasteiger charge is -1.97. The van der Waals surface area contributed by atoms with Crippen molar-refractivity contribution in [3.05, 3.63) is 18.2 Å². The van der Waals surface area contributed by atoms with Gasteiger partial charge in [0, 0.05) is 6.42 Å². The first-order valence-electron chi connectivity index (χ1n) is 4.94. The van der Waals surface area contributed by atoms with Gasteiger partial charge in [-0.05, 0) is 24.3 Å². The van der Waals surface area contributed by atoms with Crippen molar-refractivity contribution < 1.29 is 4.57 Å². The lowest BCUT2D eigenvalue weighted by Crippen LogP contribution is -2.30. The number of rotatable bonds is 6. The number of unbranched alkanes of at least 4 members (excludes halogenated alkanes) is 1. The number of thioether (sulfide) groups is 1. The average molecular weight is 199 g/mol. The highest BCUT2D eigenvalue weighted by Gasteiger charge is 2.04. The zero-order valence-corrected chi connectivity index (χ0v) is 9.36.